The Hall–Kier alpha value is -2.02. The van der Waals surface area contributed by atoms with Crippen molar-refractivity contribution in [2.75, 3.05) is 24.2 Å². The van der Waals surface area contributed by atoms with E-state index in [0.717, 1.165) is 30.1 Å². The molecule has 116 valence electrons. The number of amides is 2. The second-order valence-electron chi connectivity index (χ2n) is 5.38. The van der Waals surface area contributed by atoms with Crippen LogP contribution in [-0.4, -0.2) is 49.8 Å². The number of hydrogen-bond donors (Lipinski definition) is 1. The Morgan fingerprint density at radius 2 is 2.32 bits per heavy atom. The number of anilines is 1. The minimum Gasteiger partial charge on any atom is -0.323 e. The van der Waals surface area contributed by atoms with Crippen molar-refractivity contribution in [3.63, 3.8) is 0 Å². The van der Waals surface area contributed by atoms with Crippen LogP contribution in [0.15, 0.2) is 30.6 Å². The number of hydrogen-bond acceptors (Lipinski definition) is 4. The normalized spacial score (nSPS) is 18.3. The predicted molar refractivity (Wildman–Crippen MR) is 89.0 cm³/mol. The van der Waals surface area contributed by atoms with Crippen LogP contribution in [0.5, 0.6) is 0 Å². The van der Waals surface area contributed by atoms with Gasteiger partial charge < -0.3 is 10.2 Å². The second kappa shape index (κ2) is 6.39. The van der Waals surface area contributed by atoms with E-state index < -0.39 is 0 Å². The SMILES string of the molecule is CC1CN(C(=O)Nc2cccc(-c3ncn(C)n3)c2)CCS1. The summed E-state index contributed by atoms with van der Waals surface area (Å²) in [5.41, 5.74) is 1.65. The summed E-state index contributed by atoms with van der Waals surface area (Å²) in [5, 5.41) is 7.73. The van der Waals surface area contributed by atoms with Crippen LogP contribution in [0.4, 0.5) is 10.5 Å². The van der Waals surface area contributed by atoms with Gasteiger partial charge in [0, 0.05) is 42.4 Å². The van der Waals surface area contributed by atoms with Gasteiger partial charge in [-0.3, -0.25) is 4.68 Å². The van der Waals surface area contributed by atoms with Crippen molar-refractivity contribution in [1.82, 2.24) is 19.7 Å². The van der Waals surface area contributed by atoms with Crippen LogP contribution >= 0.6 is 11.8 Å². The molecule has 3 rings (SSSR count). The number of aromatic nitrogens is 3. The maximum absolute atomic E-state index is 12.3. The van der Waals surface area contributed by atoms with Gasteiger partial charge in [0.05, 0.1) is 0 Å². The number of carbonyl (C=O) groups is 1. The molecule has 0 aliphatic carbocycles. The molecule has 1 aliphatic rings. The van der Waals surface area contributed by atoms with Crippen molar-refractivity contribution < 1.29 is 4.79 Å². The molecular formula is C15H19N5OS. The molecule has 2 heterocycles. The van der Waals surface area contributed by atoms with Gasteiger partial charge in [-0.1, -0.05) is 19.1 Å². The number of rotatable bonds is 2. The molecule has 22 heavy (non-hydrogen) atoms. The van der Waals surface area contributed by atoms with Gasteiger partial charge in [-0.15, -0.1) is 0 Å². The molecule has 1 aromatic heterocycles. The van der Waals surface area contributed by atoms with Gasteiger partial charge >= 0.3 is 6.03 Å². The van der Waals surface area contributed by atoms with Gasteiger partial charge in [-0.05, 0) is 12.1 Å². The first-order valence-electron chi connectivity index (χ1n) is 7.25. The van der Waals surface area contributed by atoms with Crippen molar-refractivity contribution in [2.45, 2.75) is 12.2 Å². The number of nitrogens with one attached hydrogen (secondary N) is 1. The molecule has 1 aliphatic heterocycles. The van der Waals surface area contributed by atoms with E-state index in [1.165, 1.54) is 0 Å². The quantitative estimate of drug-likeness (QED) is 0.924. The lowest BCUT2D eigenvalue weighted by atomic mass is 10.2. The molecule has 0 radical (unpaired) electrons. The molecule has 7 heteroatoms. The molecule has 0 bridgehead atoms. The number of nitrogens with zero attached hydrogens (tertiary/aromatic N) is 4. The van der Waals surface area contributed by atoms with Crippen LogP contribution in [0.1, 0.15) is 6.92 Å². The number of carbonyl (C=O) groups excluding carboxylic acids is 1. The van der Waals surface area contributed by atoms with Crippen molar-refractivity contribution in [2.24, 2.45) is 7.05 Å². The summed E-state index contributed by atoms with van der Waals surface area (Å²) in [5.74, 6) is 1.65. The summed E-state index contributed by atoms with van der Waals surface area (Å²) in [4.78, 5) is 18.4. The van der Waals surface area contributed by atoms with Crippen molar-refractivity contribution in [3.8, 4) is 11.4 Å². The first kappa shape index (κ1) is 14.9. The van der Waals surface area contributed by atoms with Gasteiger partial charge in [0.2, 0.25) is 0 Å². The Morgan fingerprint density at radius 3 is 3.05 bits per heavy atom. The summed E-state index contributed by atoms with van der Waals surface area (Å²) >= 11 is 1.91. The number of thioether (sulfide) groups is 1. The largest absolute Gasteiger partial charge is 0.323 e. The third kappa shape index (κ3) is 3.41. The van der Waals surface area contributed by atoms with E-state index >= 15 is 0 Å². The highest BCUT2D eigenvalue weighted by Gasteiger charge is 2.21. The molecule has 0 spiro atoms. The molecule has 1 fully saturated rings. The zero-order valence-electron chi connectivity index (χ0n) is 12.7. The van der Waals surface area contributed by atoms with Crippen molar-refractivity contribution in [3.05, 3.63) is 30.6 Å². The highest BCUT2D eigenvalue weighted by atomic mass is 32.2. The lowest BCUT2D eigenvalue weighted by Crippen LogP contribution is -2.43. The molecule has 1 atom stereocenters. The Kier molecular flexibility index (Phi) is 4.33. The van der Waals surface area contributed by atoms with Gasteiger partial charge in [0.1, 0.15) is 6.33 Å². The minimum atomic E-state index is -0.0433. The summed E-state index contributed by atoms with van der Waals surface area (Å²) in [7, 11) is 1.83. The molecule has 6 nitrogen and oxygen atoms in total. The fourth-order valence-electron chi connectivity index (χ4n) is 2.41. The van der Waals surface area contributed by atoms with E-state index in [2.05, 4.69) is 22.3 Å². The van der Waals surface area contributed by atoms with Gasteiger partial charge in [0.15, 0.2) is 5.82 Å². The lowest BCUT2D eigenvalue weighted by Gasteiger charge is -2.30. The average molecular weight is 317 g/mol. The summed E-state index contributed by atoms with van der Waals surface area (Å²) in [6.07, 6.45) is 1.66. The third-order valence-corrected chi connectivity index (χ3v) is 4.64. The highest BCUT2D eigenvalue weighted by Crippen LogP contribution is 2.21. The van der Waals surface area contributed by atoms with Crippen molar-refractivity contribution >= 4 is 23.5 Å². The van der Waals surface area contributed by atoms with E-state index in [0.29, 0.717) is 11.1 Å². The smallest absolute Gasteiger partial charge is 0.321 e. The average Bonchev–Trinajstić information content (AvgIpc) is 2.94. The number of benzene rings is 1. The Bertz CT molecular complexity index is 671. The standard InChI is InChI=1S/C15H19N5OS/c1-11-9-20(6-7-22-11)15(21)17-13-5-3-4-12(8-13)14-16-10-19(2)18-14/h3-5,8,10-11H,6-7,9H2,1-2H3,(H,17,21). The van der Waals surface area contributed by atoms with E-state index in [1.807, 2.05) is 48.0 Å². The Labute approximate surface area is 133 Å². The predicted octanol–water partition coefficient (Wildman–Crippen LogP) is 2.45. The topological polar surface area (TPSA) is 63.1 Å². The van der Waals surface area contributed by atoms with Crippen LogP contribution in [0.3, 0.4) is 0 Å². The van der Waals surface area contributed by atoms with E-state index in [4.69, 9.17) is 0 Å². The molecule has 1 N–H and O–H groups in total. The van der Waals surface area contributed by atoms with Crippen LogP contribution in [0, 0.1) is 0 Å². The zero-order valence-corrected chi connectivity index (χ0v) is 13.5. The first-order chi connectivity index (χ1) is 10.6. The highest BCUT2D eigenvalue weighted by molar-refractivity contribution is 7.99. The monoisotopic (exact) mass is 317 g/mol. The third-order valence-electron chi connectivity index (χ3n) is 3.50. The summed E-state index contributed by atoms with van der Waals surface area (Å²) in [6, 6.07) is 7.57. The van der Waals surface area contributed by atoms with Gasteiger partial charge in [0.25, 0.3) is 0 Å². The van der Waals surface area contributed by atoms with Crippen LogP contribution < -0.4 is 5.32 Å². The van der Waals surface area contributed by atoms with Gasteiger partial charge in [-0.2, -0.15) is 16.9 Å². The molecule has 1 aromatic carbocycles. The number of aryl methyl sites for hydroxylation is 1. The fourth-order valence-corrected chi connectivity index (χ4v) is 3.43. The van der Waals surface area contributed by atoms with E-state index in [1.54, 1.807) is 11.0 Å². The van der Waals surface area contributed by atoms with Crippen LogP contribution in [0.25, 0.3) is 11.4 Å². The maximum atomic E-state index is 12.3. The summed E-state index contributed by atoms with van der Waals surface area (Å²) in [6.45, 7) is 3.73. The minimum absolute atomic E-state index is 0.0433. The Balaban J connectivity index is 1.71. The zero-order chi connectivity index (χ0) is 15.5. The summed E-state index contributed by atoms with van der Waals surface area (Å²) < 4.78 is 1.66. The maximum Gasteiger partial charge on any atom is 0.321 e. The molecule has 1 unspecified atom stereocenters. The Morgan fingerprint density at radius 1 is 1.45 bits per heavy atom. The molecule has 0 saturated carbocycles. The second-order valence-corrected chi connectivity index (χ2v) is 6.93. The van der Waals surface area contributed by atoms with E-state index in [9.17, 15) is 4.79 Å². The molecule has 1 saturated heterocycles. The molecule has 2 amide bonds. The number of urea groups is 1. The van der Waals surface area contributed by atoms with Gasteiger partial charge in [-0.25, -0.2) is 9.78 Å². The van der Waals surface area contributed by atoms with Crippen LogP contribution in [0.2, 0.25) is 0 Å². The first-order valence-corrected chi connectivity index (χ1v) is 8.30. The molecular weight excluding hydrogens is 298 g/mol. The molecule has 2 aromatic rings. The van der Waals surface area contributed by atoms with Crippen molar-refractivity contribution in [1.29, 1.82) is 0 Å². The lowest BCUT2D eigenvalue weighted by molar-refractivity contribution is 0.214. The van der Waals surface area contributed by atoms with Crippen LogP contribution in [-0.2, 0) is 7.05 Å². The van der Waals surface area contributed by atoms with E-state index in [-0.39, 0.29) is 6.03 Å². The fraction of sp³-hybridized carbons (Fsp3) is 0.400.